The van der Waals surface area contributed by atoms with Crippen molar-refractivity contribution in [1.82, 2.24) is 24.5 Å². The lowest BCUT2D eigenvalue weighted by Gasteiger charge is -2.19. The van der Waals surface area contributed by atoms with Crippen LogP contribution < -0.4 is 10.1 Å². The lowest BCUT2D eigenvalue weighted by molar-refractivity contribution is 0.386. The van der Waals surface area contributed by atoms with Crippen LogP contribution in [-0.2, 0) is 13.0 Å². The maximum Gasteiger partial charge on any atom is 0.221 e. The van der Waals surface area contributed by atoms with Crippen LogP contribution in [0, 0.1) is 6.92 Å². The van der Waals surface area contributed by atoms with Crippen LogP contribution in [0.2, 0.25) is 0 Å². The Labute approximate surface area is 156 Å². The van der Waals surface area contributed by atoms with Gasteiger partial charge in [0, 0.05) is 66.3 Å². The number of aromatic nitrogens is 4. The summed E-state index contributed by atoms with van der Waals surface area (Å²) in [5, 5.41) is 8.86. The van der Waals surface area contributed by atoms with Crippen LogP contribution in [0.4, 0.5) is 0 Å². The standard InChI is InChI=1S/C16H16IN5OS/c1-9-3-4-13-11(8-19-22(13)24-17)14(9)15-20-12-5-6-18-7-10(12)16(21-15)23-2/h3-4,8,18H,5-7H2,1-2H3. The molecule has 3 aromatic rings. The first-order chi connectivity index (χ1) is 11.7. The Bertz CT molecular complexity index is 909. The predicted octanol–water partition coefficient (Wildman–Crippen LogP) is 3.30. The number of halogens is 1. The molecule has 0 aliphatic carbocycles. The van der Waals surface area contributed by atoms with Gasteiger partial charge in [0.15, 0.2) is 5.82 Å². The second kappa shape index (κ2) is 6.49. The molecule has 0 amide bonds. The van der Waals surface area contributed by atoms with Crippen LogP contribution >= 0.6 is 30.3 Å². The molecule has 8 heteroatoms. The smallest absolute Gasteiger partial charge is 0.221 e. The fraction of sp³-hybridized carbons (Fsp3) is 0.312. The van der Waals surface area contributed by atoms with Crippen molar-refractivity contribution in [3.05, 3.63) is 35.2 Å². The highest BCUT2D eigenvalue weighted by atomic mass is 127. The summed E-state index contributed by atoms with van der Waals surface area (Å²) in [4.78, 5) is 9.56. The molecular formula is C16H16IN5OS. The van der Waals surface area contributed by atoms with Crippen LogP contribution in [0.3, 0.4) is 0 Å². The van der Waals surface area contributed by atoms with Gasteiger partial charge in [-0.3, -0.25) is 0 Å². The van der Waals surface area contributed by atoms with Crippen molar-refractivity contribution >= 4 is 41.2 Å². The van der Waals surface area contributed by atoms with Gasteiger partial charge in [-0.25, -0.2) is 4.98 Å². The Morgan fingerprint density at radius 2 is 2.21 bits per heavy atom. The van der Waals surface area contributed by atoms with E-state index >= 15 is 0 Å². The fourth-order valence-corrected chi connectivity index (χ4v) is 4.39. The summed E-state index contributed by atoms with van der Waals surface area (Å²) in [5.74, 6) is 1.38. The molecule has 0 saturated carbocycles. The number of nitrogens with one attached hydrogen (secondary N) is 1. The topological polar surface area (TPSA) is 64.9 Å². The van der Waals surface area contributed by atoms with E-state index in [-0.39, 0.29) is 0 Å². The van der Waals surface area contributed by atoms with E-state index < -0.39 is 0 Å². The number of aryl methyl sites for hydroxylation is 1. The first kappa shape index (κ1) is 16.1. The highest BCUT2D eigenvalue weighted by molar-refractivity contribution is 14.2. The molecule has 1 aliphatic rings. The largest absolute Gasteiger partial charge is 0.481 e. The molecule has 1 aromatic carbocycles. The Kier molecular flexibility index (Phi) is 4.35. The minimum absolute atomic E-state index is 0.661. The third-order valence-electron chi connectivity index (χ3n) is 4.31. The number of ether oxygens (including phenoxy) is 1. The second-order valence-corrected chi connectivity index (χ2v) is 7.35. The van der Waals surface area contributed by atoms with E-state index in [1.807, 2.05) is 10.3 Å². The van der Waals surface area contributed by atoms with Gasteiger partial charge in [-0.05, 0) is 18.6 Å². The van der Waals surface area contributed by atoms with Crippen LogP contribution in [0.15, 0.2) is 18.3 Å². The van der Waals surface area contributed by atoms with Gasteiger partial charge in [0.2, 0.25) is 5.88 Å². The number of nitrogens with zero attached hydrogens (tertiary/aromatic N) is 4. The van der Waals surface area contributed by atoms with E-state index in [1.54, 1.807) is 16.2 Å². The molecule has 2 aromatic heterocycles. The van der Waals surface area contributed by atoms with Gasteiger partial charge in [-0.2, -0.15) is 14.2 Å². The lowest BCUT2D eigenvalue weighted by Crippen LogP contribution is -2.25. The number of hydrogen-bond acceptors (Lipinski definition) is 6. The van der Waals surface area contributed by atoms with Gasteiger partial charge in [0.1, 0.15) is 0 Å². The van der Waals surface area contributed by atoms with E-state index in [9.17, 15) is 0 Å². The summed E-state index contributed by atoms with van der Waals surface area (Å²) >= 11 is 2.23. The summed E-state index contributed by atoms with van der Waals surface area (Å²) in [7, 11) is 3.21. The third-order valence-corrected chi connectivity index (χ3v) is 5.85. The molecule has 0 spiro atoms. The van der Waals surface area contributed by atoms with Crippen molar-refractivity contribution < 1.29 is 4.74 Å². The molecule has 6 nitrogen and oxygen atoms in total. The predicted molar refractivity (Wildman–Crippen MR) is 104 cm³/mol. The second-order valence-electron chi connectivity index (χ2n) is 5.69. The summed E-state index contributed by atoms with van der Waals surface area (Å²) < 4.78 is 7.44. The molecule has 0 unspecified atom stereocenters. The molecule has 124 valence electrons. The van der Waals surface area contributed by atoms with Gasteiger partial charge in [-0.15, -0.1) is 0 Å². The van der Waals surface area contributed by atoms with Crippen molar-refractivity contribution in [2.24, 2.45) is 0 Å². The van der Waals surface area contributed by atoms with E-state index in [0.717, 1.165) is 52.8 Å². The maximum absolute atomic E-state index is 5.54. The first-order valence-corrected chi connectivity index (χ1v) is 11.0. The Morgan fingerprint density at radius 1 is 1.33 bits per heavy atom. The van der Waals surface area contributed by atoms with E-state index in [4.69, 9.17) is 14.7 Å². The van der Waals surface area contributed by atoms with Gasteiger partial charge >= 0.3 is 0 Å². The maximum atomic E-state index is 5.54. The molecule has 0 radical (unpaired) electrons. The Balaban J connectivity index is 1.97. The lowest BCUT2D eigenvalue weighted by atomic mass is 10.0. The number of hydrogen-bond donors (Lipinski definition) is 1. The third kappa shape index (κ3) is 2.56. The highest BCUT2D eigenvalue weighted by Gasteiger charge is 2.21. The number of rotatable bonds is 3. The van der Waals surface area contributed by atoms with Crippen molar-refractivity contribution in [3.63, 3.8) is 0 Å². The first-order valence-electron chi connectivity index (χ1n) is 7.64. The zero-order valence-corrected chi connectivity index (χ0v) is 16.3. The number of benzene rings is 1. The van der Waals surface area contributed by atoms with Gasteiger partial charge in [0.25, 0.3) is 0 Å². The van der Waals surface area contributed by atoms with Gasteiger partial charge < -0.3 is 10.1 Å². The van der Waals surface area contributed by atoms with Crippen LogP contribution in [0.25, 0.3) is 22.3 Å². The van der Waals surface area contributed by atoms with Crippen LogP contribution in [0.1, 0.15) is 16.8 Å². The molecule has 24 heavy (non-hydrogen) atoms. The number of methoxy groups -OCH3 is 1. The zero-order chi connectivity index (χ0) is 16.7. The average molecular weight is 453 g/mol. The molecule has 0 saturated heterocycles. The molecule has 3 heterocycles. The highest BCUT2D eigenvalue weighted by Crippen LogP contribution is 2.34. The van der Waals surface area contributed by atoms with Crippen molar-refractivity contribution in [2.75, 3.05) is 13.7 Å². The summed E-state index contributed by atoms with van der Waals surface area (Å²) in [6.45, 7) is 3.77. The normalized spacial score (nSPS) is 14.0. The summed E-state index contributed by atoms with van der Waals surface area (Å²) in [6, 6.07) is 4.19. The monoisotopic (exact) mass is 453 g/mol. The van der Waals surface area contributed by atoms with Crippen LogP contribution in [-0.4, -0.2) is 32.8 Å². The van der Waals surface area contributed by atoms with E-state index in [1.165, 1.54) is 0 Å². The fourth-order valence-electron chi connectivity index (χ4n) is 3.13. The SMILES string of the molecule is COc1nc(-c2c(C)ccc3c2cnn3SI)nc2c1CNCC2. The van der Waals surface area contributed by atoms with Crippen LogP contribution in [0.5, 0.6) is 5.88 Å². The van der Waals surface area contributed by atoms with Gasteiger partial charge in [0.05, 0.1) is 24.5 Å². The molecule has 1 N–H and O–H groups in total. The quantitative estimate of drug-likeness (QED) is 0.615. The van der Waals surface area contributed by atoms with E-state index in [2.05, 4.69) is 50.7 Å². The molecular weight excluding hydrogens is 437 g/mol. The van der Waals surface area contributed by atoms with E-state index in [0.29, 0.717) is 11.7 Å². The molecule has 0 bridgehead atoms. The molecule has 1 aliphatic heterocycles. The minimum Gasteiger partial charge on any atom is -0.481 e. The summed E-state index contributed by atoms with van der Waals surface area (Å²) in [5.41, 5.74) is 5.37. The number of fused-ring (bicyclic) bond motifs is 2. The zero-order valence-electron chi connectivity index (χ0n) is 13.3. The Hall–Kier alpha value is -1.39. The molecule has 4 rings (SSSR count). The van der Waals surface area contributed by atoms with Gasteiger partial charge in [-0.1, -0.05) is 6.07 Å². The average Bonchev–Trinajstić information content (AvgIpc) is 3.03. The Morgan fingerprint density at radius 3 is 3.00 bits per heavy atom. The summed E-state index contributed by atoms with van der Waals surface area (Å²) in [6.07, 6.45) is 2.78. The molecule has 0 fully saturated rings. The molecule has 0 atom stereocenters. The minimum atomic E-state index is 0.661. The van der Waals surface area contributed by atoms with Crippen molar-refractivity contribution in [1.29, 1.82) is 0 Å². The van der Waals surface area contributed by atoms with Crippen molar-refractivity contribution in [2.45, 2.75) is 19.9 Å². The van der Waals surface area contributed by atoms with Crippen molar-refractivity contribution in [3.8, 4) is 17.3 Å².